The average molecular weight is 250 g/mol. The van der Waals surface area contributed by atoms with E-state index in [9.17, 15) is 4.79 Å². The van der Waals surface area contributed by atoms with E-state index in [4.69, 9.17) is 5.11 Å². The first-order valence-corrected chi connectivity index (χ1v) is 6.45. The molecule has 0 spiro atoms. The van der Waals surface area contributed by atoms with Crippen molar-refractivity contribution in [2.45, 2.75) is 40.0 Å². The number of nitrogens with zero attached hydrogens (tertiary/aromatic N) is 1. The fourth-order valence-corrected chi connectivity index (χ4v) is 1.78. The second-order valence-electron chi connectivity index (χ2n) is 5.00. The largest absolute Gasteiger partial charge is 0.478 e. The highest BCUT2D eigenvalue weighted by Crippen LogP contribution is 2.11. The Balaban J connectivity index is 2.44. The molecule has 2 N–H and O–H groups in total. The van der Waals surface area contributed by atoms with Gasteiger partial charge in [0, 0.05) is 12.2 Å². The topological polar surface area (TPSA) is 62.2 Å². The summed E-state index contributed by atoms with van der Waals surface area (Å²) < 4.78 is 0. The summed E-state index contributed by atoms with van der Waals surface area (Å²) in [6.07, 6.45) is 3.49. The molecule has 18 heavy (non-hydrogen) atoms. The summed E-state index contributed by atoms with van der Waals surface area (Å²) in [6, 6.07) is 3.16. The second kappa shape index (κ2) is 6.99. The number of anilines is 1. The fraction of sp³-hybridized carbons (Fsp3) is 0.571. The van der Waals surface area contributed by atoms with Crippen molar-refractivity contribution < 1.29 is 9.90 Å². The highest BCUT2D eigenvalue weighted by Gasteiger charge is 2.06. The van der Waals surface area contributed by atoms with Crippen LogP contribution in [0.2, 0.25) is 0 Å². The Labute approximate surface area is 108 Å². The molecule has 0 aromatic carbocycles. The zero-order valence-electron chi connectivity index (χ0n) is 11.4. The Morgan fingerprint density at radius 2 is 2.11 bits per heavy atom. The van der Waals surface area contributed by atoms with Gasteiger partial charge in [0.05, 0.1) is 5.56 Å². The van der Waals surface area contributed by atoms with Gasteiger partial charge in [0.25, 0.3) is 0 Å². The van der Waals surface area contributed by atoms with Gasteiger partial charge in [-0.3, -0.25) is 0 Å². The SMILES string of the molecule is Cc1cc(C(=O)O)cc(NCCCCC(C)C)n1. The van der Waals surface area contributed by atoms with Crippen LogP contribution in [0.3, 0.4) is 0 Å². The molecule has 0 fully saturated rings. The Morgan fingerprint density at radius 3 is 2.72 bits per heavy atom. The predicted octanol–water partition coefficient (Wildman–Crippen LogP) is 3.33. The van der Waals surface area contributed by atoms with Crippen LogP contribution in [0.5, 0.6) is 0 Å². The Hall–Kier alpha value is -1.58. The van der Waals surface area contributed by atoms with E-state index in [1.54, 1.807) is 19.1 Å². The van der Waals surface area contributed by atoms with Crippen molar-refractivity contribution in [1.82, 2.24) is 4.98 Å². The number of aromatic nitrogens is 1. The minimum atomic E-state index is -0.914. The van der Waals surface area contributed by atoms with Crippen LogP contribution in [0.25, 0.3) is 0 Å². The molecule has 0 aliphatic rings. The van der Waals surface area contributed by atoms with Crippen LogP contribution in [-0.4, -0.2) is 22.6 Å². The summed E-state index contributed by atoms with van der Waals surface area (Å²) in [5.41, 5.74) is 1.01. The molecule has 0 aliphatic heterocycles. The van der Waals surface area contributed by atoms with Crippen molar-refractivity contribution in [3.63, 3.8) is 0 Å². The molecule has 0 amide bonds. The molecule has 4 nitrogen and oxygen atoms in total. The third-order valence-corrected chi connectivity index (χ3v) is 2.71. The number of carboxylic acids is 1. The molecule has 100 valence electrons. The van der Waals surface area contributed by atoms with Crippen molar-refractivity contribution in [1.29, 1.82) is 0 Å². The molecule has 0 unspecified atom stereocenters. The lowest BCUT2D eigenvalue weighted by Crippen LogP contribution is -2.07. The Kier molecular flexibility index (Phi) is 5.62. The number of rotatable bonds is 7. The van der Waals surface area contributed by atoms with Gasteiger partial charge in [-0.25, -0.2) is 9.78 Å². The molecular weight excluding hydrogens is 228 g/mol. The van der Waals surface area contributed by atoms with Crippen LogP contribution in [0.1, 0.15) is 49.2 Å². The molecule has 0 atom stereocenters. The summed E-state index contributed by atoms with van der Waals surface area (Å²) in [5.74, 6) is 0.473. The number of carboxylic acid groups (broad SMARTS) is 1. The van der Waals surface area contributed by atoms with Crippen molar-refractivity contribution in [2.24, 2.45) is 5.92 Å². The van der Waals surface area contributed by atoms with Crippen LogP contribution in [0, 0.1) is 12.8 Å². The van der Waals surface area contributed by atoms with Crippen LogP contribution < -0.4 is 5.32 Å². The van der Waals surface area contributed by atoms with Gasteiger partial charge in [0.15, 0.2) is 0 Å². The summed E-state index contributed by atoms with van der Waals surface area (Å²) >= 11 is 0. The number of nitrogens with one attached hydrogen (secondary N) is 1. The zero-order valence-corrected chi connectivity index (χ0v) is 11.4. The van der Waals surface area contributed by atoms with Gasteiger partial charge in [-0.1, -0.05) is 26.7 Å². The van der Waals surface area contributed by atoms with E-state index in [-0.39, 0.29) is 5.56 Å². The average Bonchev–Trinajstić information content (AvgIpc) is 2.27. The van der Waals surface area contributed by atoms with Crippen LogP contribution >= 0.6 is 0 Å². The fourth-order valence-electron chi connectivity index (χ4n) is 1.78. The minimum Gasteiger partial charge on any atom is -0.478 e. The third-order valence-electron chi connectivity index (χ3n) is 2.71. The Bertz CT molecular complexity index is 403. The lowest BCUT2D eigenvalue weighted by atomic mass is 10.1. The van der Waals surface area contributed by atoms with E-state index >= 15 is 0 Å². The molecule has 1 aromatic rings. The summed E-state index contributed by atoms with van der Waals surface area (Å²) in [4.78, 5) is 15.2. The smallest absolute Gasteiger partial charge is 0.335 e. The van der Waals surface area contributed by atoms with E-state index in [0.29, 0.717) is 5.82 Å². The number of pyridine rings is 1. The quantitative estimate of drug-likeness (QED) is 0.729. The van der Waals surface area contributed by atoms with Crippen molar-refractivity contribution >= 4 is 11.8 Å². The van der Waals surface area contributed by atoms with Gasteiger partial charge in [-0.05, 0) is 31.4 Å². The molecule has 0 radical (unpaired) electrons. The number of unbranched alkanes of at least 4 members (excludes halogenated alkanes) is 1. The van der Waals surface area contributed by atoms with E-state index < -0.39 is 5.97 Å². The van der Waals surface area contributed by atoms with E-state index in [1.165, 1.54) is 12.8 Å². The highest BCUT2D eigenvalue weighted by atomic mass is 16.4. The summed E-state index contributed by atoms with van der Waals surface area (Å²) in [7, 11) is 0. The number of hydrogen-bond acceptors (Lipinski definition) is 3. The maximum atomic E-state index is 10.9. The minimum absolute atomic E-state index is 0.284. The van der Waals surface area contributed by atoms with Crippen LogP contribution in [0.4, 0.5) is 5.82 Å². The number of hydrogen-bond donors (Lipinski definition) is 2. The second-order valence-corrected chi connectivity index (χ2v) is 5.00. The van der Waals surface area contributed by atoms with E-state index in [2.05, 4.69) is 24.1 Å². The van der Waals surface area contributed by atoms with Gasteiger partial charge >= 0.3 is 5.97 Å². The van der Waals surface area contributed by atoms with Gasteiger partial charge in [0.2, 0.25) is 0 Å². The number of aryl methyl sites for hydroxylation is 1. The number of aromatic carboxylic acids is 1. The summed E-state index contributed by atoms with van der Waals surface area (Å²) in [5, 5.41) is 12.1. The maximum absolute atomic E-state index is 10.9. The van der Waals surface area contributed by atoms with Gasteiger partial charge in [0.1, 0.15) is 5.82 Å². The van der Waals surface area contributed by atoms with Crippen LogP contribution in [0.15, 0.2) is 12.1 Å². The molecule has 0 saturated heterocycles. The molecular formula is C14H22N2O2. The molecule has 1 heterocycles. The summed E-state index contributed by atoms with van der Waals surface area (Å²) in [6.45, 7) is 7.07. The Morgan fingerprint density at radius 1 is 1.39 bits per heavy atom. The molecule has 4 heteroatoms. The number of carbonyl (C=O) groups is 1. The maximum Gasteiger partial charge on any atom is 0.335 e. The van der Waals surface area contributed by atoms with Crippen LogP contribution in [-0.2, 0) is 0 Å². The molecule has 1 rings (SSSR count). The van der Waals surface area contributed by atoms with Crippen molar-refractivity contribution in [2.75, 3.05) is 11.9 Å². The predicted molar refractivity (Wildman–Crippen MR) is 73.1 cm³/mol. The first-order valence-electron chi connectivity index (χ1n) is 6.45. The van der Waals surface area contributed by atoms with Gasteiger partial charge < -0.3 is 10.4 Å². The zero-order chi connectivity index (χ0) is 13.5. The van der Waals surface area contributed by atoms with Gasteiger partial charge in [-0.2, -0.15) is 0 Å². The van der Waals surface area contributed by atoms with Crippen molar-refractivity contribution in [3.8, 4) is 0 Å². The van der Waals surface area contributed by atoms with Gasteiger partial charge in [-0.15, -0.1) is 0 Å². The standard InChI is InChI=1S/C14H22N2O2/c1-10(2)6-4-5-7-15-13-9-12(14(17)18)8-11(3)16-13/h8-10H,4-7H2,1-3H3,(H,15,16)(H,17,18). The van der Waals surface area contributed by atoms with Crippen molar-refractivity contribution in [3.05, 3.63) is 23.4 Å². The van der Waals surface area contributed by atoms with E-state index in [0.717, 1.165) is 24.6 Å². The monoisotopic (exact) mass is 250 g/mol. The first kappa shape index (κ1) is 14.5. The lowest BCUT2D eigenvalue weighted by molar-refractivity contribution is 0.0696. The third kappa shape index (κ3) is 5.17. The van der Waals surface area contributed by atoms with E-state index in [1.807, 2.05) is 0 Å². The molecule has 1 aromatic heterocycles. The molecule has 0 aliphatic carbocycles. The molecule has 0 saturated carbocycles. The lowest BCUT2D eigenvalue weighted by Gasteiger charge is -2.08. The normalized spacial score (nSPS) is 10.7. The molecule has 0 bridgehead atoms. The first-order chi connectivity index (χ1) is 8.49. The highest BCUT2D eigenvalue weighted by molar-refractivity contribution is 5.88.